The molecule has 0 radical (unpaired) electrons. The van der Waals surface area contributed by atoms with Crippen LogP contribution in [-0.2, 0) is 15.9 Å². The van der Waals surface area contributed by atoms with Crippen LogP contribution in [0.5, 0.6) is 5.75 Å². The Balaban J connectivity index is 1.82. The molecule has 0 aromatic heterocycles. The third-order valence-corrected chi connectivity index (χ3v) is 3.47. The van der Waals surface area contributed by atoms with Crippen molar-refractivity contribution >= 4 is 11.6 Å². The molecule has 1 saturated heterocycles. The van der Waals surface area contributed by atoms with Crippen molar-refractivity contribution in [3.05, 3.63) is 28.8 Å². The van der Waals surface area contributed by atoms with Crippen LogP contribution in [0.15, 0.2) is 18.2 Å². The van der Waals surface area contributed by atoms with E-state index in [1.54, 1.807) is 0 Å². The van der Waals surface area contributed by atoms with Crippen LogP contribution in [0.25, 0.3) is 0 Å². The summed E-state index contributed by atoms with van der Waals surface area (Å²) in [7, 11) is 0. The molecule has 1 fully saturated rings. The first-order valence-corrected chi connectivity index (χ1v) is 6.11. The molecule has 0 unspecified atom stereocenters. The zero-order chi connectivity index (χ0) is 12.1. The molecule has 3 rings (SSSR count). The molecule has 17 heavy (non-hydrogen) atoms. The van der Waals surface area contributed by atoms with Gasteiger partial charge in [0, 0.05) is 11.4 Å². The normalized spacial score (nSPS) is 24.4. The van der Waals surface area contributed by atoms with E-state index in [0.29, 0.717) is 18.2 Å². The van der Waals surface area contributed by atoms with Gasteiger partial charge in [0.05, 0.1) is 13.2 Å². The van der Waals surface area contributed by atoms with Gasteiger partial charge in [-0.2, -0.15) is 0 Å². The van der Waals surface area contributed by atoms with E-state index < -0.39 is 5.79 Å². The van der Waals surface area contributed by atoms with Gasteiger partial charge in [0.25, 0.3) is 0 Å². The van der Waals surface area contributed by atoms with E-state index in [1.807, 2.05) is 32.0 Å². The second-order valence-electron chi connectivity index (χ2n) is 5.19. The predicted molar refractivity (Wildman–Crippen MR) is 64.5 cm³/mol. The van der Waals surface area contributed by atoms with Gasteiger partial charge in [-0.1, -0.05) is 17.7 Å². The molecule has 1 aromatic carbocycles. The summed E-state index contributed by atoms with van der Waals surface area (Å²) in [5.41, 5.74) is 0.795. The molecule has 2 aliphatic rings. The van der Waals surface area contributed by atoms with Gasteiger partial charge in [-0.15, -0.1) is 0 Å². The minimum atomic E-state index is -0.513. The van der Waals surface area contributed by atoms with Gasteiger partial charge in [0.1, 0.15) is 5.75 Å². The first kappa shape index (κ1) is 11.3. The van der Waals surface area contributed by atoms with Crippen LogP contribution < -0.4 is 4.74 Å². The van der Waals surface area contributed by atoms with Crippen molar-refractivity contribution in [3.63, 3.8) is 0 Å². The molecular formula is C13H15ClO3. The van der Waals surface area contributed by atoms with Gasteiger partial charge in [-0.25, -0.2) is 0 Å². The van der Waals surface area contributed by atoms with E-state index >= 15 is 0 Å². The van der Waals surface area contributed by atoms with E-state index in [0.717, 1.165) is 12.2 Å². The summed E-state index contributed by atoms with van der Waals surface area (Å²) in [6.07, 6.45) is 0.815. The highest BCUT2D eigenvalue weighted by Gasteiger charge is 2.46. The van der Waals surface area contributed by atoms with E-state index in [4.69, 9.17) is 25.8 Å². The molecule has 2 heterocycles. The summed E-state index contributed by atoms with van der Waals surface area (Å²) in [5.74, 6) is 0.338. The Morgan fingerprint density at radius 1 is 1.18 bits per heavy atom. The van der Waals surface area contributed by atoms with Crippen LogP contribution in [0.1, 0.15) is 19.4 Å². The van der Waals surface area contributed by atoms with Gasteiger partial charge in [-0.05, 0) is 31.5 Å². The maximum absolute atomic E-state index is 5.98. The Morgan fingerprint density at radius 3 is 2.59 bits per heavy atom. The van der Waals surface area contributed by atoms with Crippen LogP contribution in [0, 0.1) is 0 Å². The molecule has 1 spiro atoms. The lowest BCUT2D eigenvalue weighted by Gasteiger charge is -2.40. The number of halogens is 1. The maximum atomic E-state index is 5.98. The lowest BCUT2D eigenvalue weighted by atomic mass is 9.98. The molecule has 1 aromatic rings. The molecule has 2 aliphatic heterocycles. The Bertz CT molecular complexity index is 446. The number of fused-ring (bicyclic) bond motifs is 1. The topological polar surface area (TPSA) is 27.7 Å². The highest BCUT2D eigenvalue weighted by Crippen LogP contribution is 2.40. The second kappa shape index (κ2) is 3.61. The van der Waals surface area contributed by atoms with Crippen LogP contribution in [0.4, 0.5) is 0 Å². The van der Waals surface area contributed by atoms with Crippen molar-refractivity contribution in [3.8, 4) is 5.75 Å². The van der Waals surface area contributed by atoms with Crippen molar-refractivity contribution in [1.82, 2.24) is 0 Å². The zero-order valence-corrected chi connectivity index (χ0v) is 10.7. The number of hydrogen-bond donors (Lipinski definition) is 0. The predicted octanol–water partition coefficient (Wildman–Crippen LogP) is 2.80. The van der Waals surface area contributed by atoms with Crippen molar-refractivity contribution in [1.29, 1.82) is 0 Å². The van der Waals surface area contributed by atoms with Crippen molar-refractivity contribution in [2.24, 2.45) is 0 Å². The Morgan fingerprint density at radius 2 is 1.88 bits per heavy atom. The van der Waals surface area contributed by atoms with Gasteiger partial charge in [0.15, 0.2) is 11.4 Å². The summed E-state index contributed by atoms with van der Waals surface area (Å²) < 4.78 is 17.3. The fourth-order valence-electron chi connectivity index (χ4n) is 2.24. The van der Waals surface area contributed by atoms with Crippen molar-refractivity contribution in [2.45, 2.75) is 31.7 Å². The monoisotopic (exact) mass is 254 g/mol. The van der Waals surface area contributed by atoms with Gasteiger partial charge in [-0.3, -0.25) is 0 Å². The summed E-state index contributed by atoms with van der Waals surface area (Å²) in [6.45, 7) is 4.93. The average Bonchev–Trinajstić information content (AvgIpc) is 2.61. The second-order valence-corrected chi connectivity index (χ2v) is 5.63. The van der Waals surface area contributed by atoms with Crippen molar-refractivity contribution < 1.29 is 14.2 Å². The third kappa shape index (κ3) is 2.03. The van der Waals surface area contributed by atoms with E-state index in [1.165, 1.54) is 5.56 Å². The highest BCUT2D eigenvalue weighted by atomic mass is 35.5. The van der Waals surface area contributed by atoms with Crippen LogP contribution in [0.2, 0.25) is 5.02 Å². The molecule has 0 saturated carbocycles. The Labute approximate surface area is 106 Å². The summed E-state index contributed by atoms with van der Waals surface area (Å²) in [4.78, 5) is 0. The minimum absolute atomic E-state index is 0.372. The number of rotatable bonds is 0. The van der Waals surface area contributed by atoms with E-state index in [9.17, 15) is 0 Å². The molecule has 3 nitrogen and oxygen atoms in total. The molecule has 0 bridgehead atoms. The van der Waals surface area contributed by atoms with E-state index in [-0.39, 0.29) is 5.60 Å². The van der Waals surface area contributed by atoms with E-state index in [2.05, 4.69) is 0 Å². The van der Waals surface area contributed by atoms with Crippen LogP contribution in [0.3, 0.4) is 0 Å². The van der Waals surface area contributed by atoms with Crippen LogP contribution in [-0.4, -0.2) is 24.6 Å². The molecule has 0 aliphatic carbocycles. The lowest BCUT2D eigenvalue weighted by Crippen LogP contribution is -2.54. The van der Waals surface area contributed by atoms with Crippen LogP contribution >= 0.6 is 11.6 Å². The highest BCUT2D eigenvalue weighted by molar-refractivity contribution is 6.30. The lowest BCUT2D eigenvalue weighted by molar-refractivity contribution is -0.292. The summed E-state index contributed by atoms with van der Waals surface area (Å²) in [5, 5.41) is 0.693. The molecule has 0 amide bonds. The Hall–Kier alpha value is -0.770. The Kier molecular flexibility index (Phi) is 2.41. The summed E-state index contributed by atoms with van der Waals surface area (Å²) >= 11 is 5.95. The fourth-order valence-corrected chi connectivity index (χ4v) is 2.40. The minimum Gasteiger partial charge on any atom is -0.482 e. The fraction of sp³-hybridized carbons (Fsp3) is 0.538. The average molecular weight is 255 g/mol. The van der Waals surface area contributed by atoms with Gasteiger partial charge in [0.2, 0.25) is 0 Å². The number of hydrogen-bond acceptors (Lipinski definition) is 3. The maximum Gasteiger partial charge on any atom is 0.163 e. The SMILES string of the molecule is CC1(C)OCC2(CO1)Cc1ccc(Cl)cc1O2. The standard InChI is InChI=1S/C13H15ClO3/c1-12(2)15-7-13(8-16-12)6-9-3-4-10(14)5-11(9)17-13/h3-5H,6-8H2,1-2H3. The first-order valence-electron chi connectivity index (χ1n) is 5.74. The van der Waals surface area contributed by atoms with Gasteiger partial charge < -0.3 is 14.2 Å². The number of ether oxygens (including phenoxy) is 3. The molecular weight excluding hydrogens is 240 g/mol. The molecule has 0 N–H and O–H groups in total. The first-order chi connectivity index (χ1) is 7.98. The smallest absolute Gasteiger partial charge is 0.163 e. The summed E-state index contributed by atoms with van der Waals surface area (Å²) in [6, 6.07) is 5.74. The number of benzene rings is 1. The molecule has 0 atom stereocenters. The third-order valence-electron chi connectivity index (χ3n) is 3.23. The van der Waals surface area contributed by atoms with Gasteiger partial charge >= 0.3 is 0 Å². The quantitative estimate of drug-likeness (QED) is 0.713. The van der Waals surface area contributed by atoms with Crippen molar-refractivity contribution in [2.75, 3.05) is 13.2 Å². The zero-order valence-electron chi connectivity index (χ0n) is 9.96. The largest absolute Gasteiger partial charge is 0.482 e. The molecule has 92 valence electrons. The molecule has 4 heteroatoms.